The molecule has 6 nitrogen and oxygen atoms in total. The van der Waals surface area contributed by atoms with E-state index in [0.717, 1.165) is 31.8 Å². The maximum absolute atomic E-state index is 12.6. The fourth-order valence-electron chi connectivity index (χ4n) is 3.81. The Morgan fingerprint density at radius 1 is 1.16 bits per heavy atom. The van der Waals surface area contributed by atoms with Gasteiger partial charge in [-0.2, -0.15) is 0 Å². The summed E-state index contributed by atoms with van der Waals surface area (Å²) >= 11 is 0. The highest BCUT2D eigenvalue weighted by Crippen LogP contribution is 2.26. The minimum absolute atomic E-state index is 0.00756. The van der Waals surface area contributed by atoms with Crippen molar-refractivity contribution >= 4 is 11.8 Å². The number of amides is 2. The molecule has 1 saturated heterocycles. The summed E-state index contributed by atoms with van der Waals surface area (Å²) < 4.78 is 4.98. The van der Waals surface area contributed by atoms with Crippen molar-refractivity contribution in [3.8, 4) is 0 Å². The molecule has 2 heterocycles. The van der Waals surface area contributed by atoms with E-state index in [1.165, 1.54) is 25.4 Å². The third-order valence-corrected chi connectivity index (χ3v) is 5.71. The van der Waals surface area contributed by atoms with Crippen LogP contribution in [0.1, 0.15) is 43.0 Å². The van der Waals surface area contributed by atoms with Gasteiger partial charge in [-0.25, -0.2) is 0 Å². The Morgan fingerprint density at radius 3 is 2.44 bits per heavy atom. The highest BCUT2D eigenvalue weighted by atomic mass is 16.3. The summed E-state index contributed by atoms with van der Waals surface area (Å²) in [6.45, 7) is 5.54. The molecular weight excluding hydrogens is 318 g/mol. The number of hydrogen-bond acceptors (Lipinski definition) is 4. The lowest BCUT2D eigenvalue weighted by Gasteiger charge is -2.37. The van der Waals surface area contributed by atoms with Gasteiger partial charge in [0.25, 0.3) is 5.91 Å². The molecule has 2 amide bonds. The normalized spacial score (nSPS) is 25.0. The Bertz CT molecular complexity index is 571. The summed E-state index contributed by atoms with van der Waals surface area (Å²) in [6.07, 6.45) is 7.68. The quantitative estimate of drug-likeness (QED) is 0.837. The molecule has 0 bridgehead atoms. The zero-order chi connectivity index (χ0) is 17.8. The summed E-state index contributed by atoms with van der Waals surface area (Å²) in [4.78, 5) is 30.8. The van der Waals surface area contributed by atoms with Gasteiger partial charge in [-0.05, 0) is 37.7 Å². The smallest absolute Gasteiger partial charge is 0.257 e. The Morgan fingerprint density at radius 2 is 1.84 bits per heavy atom. The van der Waals surface area contributed by atoms with Gasteiger partial charge >= 0.3 is 0 Å². The third-order valence-electron chi connectivity index (χ3n) is 5.71. The first kappa shape index (κ1) is 18.0. The molecule has 1 aliphatic heterocycles. The minimum atomic E-state index is 0.00756. The van der Waals surface area contributed by atoms with Gasteiger partial charge in [0.2, 0.25) is 5.91 Å². The number of nitrogens with zero attached hydrogens (tertiary/aromatic N) is 3. The van der Waals surface area contributed by atoms with Crippen LogP contribution in [-0.2, 0) is 4.79 Å². The summed E-state index contributed by atoms with van der Waals surface area (Å²) in [7, 11) is 1.95. The maximum atomic E-state index is 12.6. The van der Waals surface area contributed by atoms with E-state index in [-0.39, 0.29) is 11.8 Å². The molecule has 0 aromatic carbocycles. The van der Waals surface area contributed by atoms with Crippen molar-refractivity contribution in [2.75, 3.05) is 39.8 Å². The van der Waals surface area contributed by atoms with E-state index in [0.29, 0.717) is 31.2 Å². The van der Waals surface area contributed by atoms with Crippen LogP contribution in [0, 0.1) is 5.92 Å². The van der Waals surface area contributed by atoms with Gasteiger partial charge in [0.15, 0.2) is 0 Å². The van der Waals surface area contributed by atoms with Crippen LogP contribution in [-0.4, -0.2) is 72.3 Å². The lowest BCUT2D eigenvalue weighted by molar-refractivity contribution is -0.134. The van der Waals surface area contributed by atoms with Gasteiger partial charge in [0.1, 0.15) is 6.26 Å². The third kappa shape index (κ3) is 4.42. The molecule has 1 saturated carbocycles. The zero-order valence-corrected chi connectivity index (χ0v) is 15.3. The van der Waals surface area contributed by atoms with E-state index in [9.17, 15) is 9.59 Å². The molecule has 0 radical (unpaired) electrons. The van der Waals surface area contributed by atoms with Crippen LogP contribution in [0.25, 0.3) is 0 Å². The van der Waals surface area contributed by atoms with Crippen molar-refractivity contribution in [2.24, 2.45) is 5.92 Å². The van der Waals surface area contributed by atoms with E-state index in [2.05, 4.69) is 11.8 Å². The molecule has 0 atom stereocenters. The predicted octanol–water partition coefficient (Wildman–Crippen LogP) is 2.07. The second-order valence-corrected chi connectivity index (χ2v) is 7.50. The van der Waals surface area contributed by atoms with Crippen molar-refractivity contribution in [3.63, 3.8) is 0 Å². The number of rotatable bonds is 4. The number of piperazine rings is 1. The van der Waals surface area contributed by atoms with Crippen LogP contribution in [0.4, 0.5) is 0 Å². The maximum Gasteiger partial charge on any atom is 0.257 e. The highest BCUT2D eigenvalue weighted by molar-refractivity contribution is 5.93. The Labute approximate surface area is 149 Å². The zero-order valence-electron chi connectivity index (χ0n) is 15.3. The average Bonchev–Trinajstić information content (AvgIpc) is 3.16. The standard InChI is InChI=1S/C19H29N3O3/c1-15-3-5-17(6-4-15)20(2)18(23)13-21-8-10-22(11-9-21)19(24)16-7-12-25-14-16/h7,12,14-15,17H,3-6,8-11,13H2,1-2H3. The molecule has 2 aliphatic rings. The van der Waals surface area contributed by atoms with Crippen LogP contribution in [0.15, 0.2) is 23.0 Å². The van der Waals surface area contributed by atoms with E-state index in [4.69, 9.17) is 4.42 Å². The SMILES string of the molecule is CC1CCC(N(C)C(=O)CN2CCN(C(=O)c3ccoc3)CC2)CC1. The Kier molecular flexibility index (Phi) is 5.78. The molecule has 1 aromatic heterocycles. The molecule has 25 heavy (non-hydrogen) atoms. The van der Waals surface area contributed by atoms with Crippen molar-refractivity contribution in [1.29, 1.82) is 0 Å². The first-order chi connectivity index (χ1) is 12.0. The molecule has 1 aliphatic carbocycles. The minimum Gasteiger partial charge on any atom is -0.472 e. The van der Waals surface area contributed by atoms with Gasteiger partial charge in [-0.1, -0.05) is 6.92 Å². The van der Waals surface area contributed by atoms with E-state index >= 15 is 0 Å². The molecule has 0 N–H and O–H groups in total. The molecule has 138 valence electrons. The average molecular weight is 347 g/mol. The monoisotopic (exact) mass is 347 g/mol. The van der Waals surface area contributed by atoms with Crippen molar-refractivity contribution in [2.45, 2.75) is 38.6 Å². The second-order valence-electron chi connectivity index (χ2n) is 7.50. The van der Waals surface area contributed by atoms with Crippen LogP contribution in [0.5, 0.6) is 0 Å². The lowest BCUT2D eigenvalue weighted by atomic mass is 9.87. The Balaban J connectivity index is 1.44. The fourth-order valence-corrected chi connectivity index (χ4v) is 3.81. The number of likely N-dealkylation sites (N-methyl/N-ethyl adjacent to an activating group) is 1. The first-order valence-corrected chi connectivity index (χ1v) is 9.34. The molecule has 3 rings (SSSR count). The summed E-state index contributed by atoms with van der Waals surface area (Å²) in [6, 6.07) is 2.09. The number of carbonyl (C=O) groups excluding carboxylic acids is 2. The van der Waals surface area contributed by atoms with Crippen molar-refractivity contribution < 1.29 is 14.0 Å². The summed E-state index contributed by atoms with van der Waals surface area (Å²) in [5.41, 5.74) is 0.593. The summed E-state index contributed by atoms with van der Waals surface area (Å²) in [5, 5.41) is 0. The van der Waals surface area contributed by atoms with E-state index in [1.807, 2.05) is 16.8 Å². The van der Waals surface area contributed by atoms with Crippen LogP contribution < -0.4 is 0 Å². The van der Waals surface area contributed by atoms with Gasteiger partial charge in [-0.15, -0.1) is 0 Å². The second kappa shape index (κ2) is 8.04. The van der Waals surface area contributed by atoms with Crippen molar-refractivity contribution in [3.05, 3.63) is 24.2 Å². The lowest BCUT2D eigenvalue weighted by Crippen LogP contribution is -2.52. The molecule has 0 spiro atoms. The molecule has 6 heteroatoms. The first-order valence-electron chi connectivity index (χ1n) is 9.34. The molecular formula is C19H29N3O3. The van der Waals surface area contributed by atoms with Crippen LogP contribution in [0.3, 0.4) is 0 Å². The number of hydrogen-bond donors (Lipinski definition) is 0. The predicted molar refractivity (Wildman–Crippen MR) is 95.2 cm³/mol. The largest absolute Gasteiger partial charge is 0.472 e. The van der Waals surface area contributed by atoms with Crippen LogP contribution >= 0.6 is 0 Å². The van der Waals surface area contributed by atoms with Gasteiger partial charge in [-0.3, -0.25) is 14.5 Å². The van der Waals surface area contributed by atoms with Gasteiger partial charge in [0, 0.05) is 39.3 Å². The highest BCUT2D eigenvalue weighted by Gasteiger charge is 2.28. The van der Waals surface area contributed by atoms with E-state index < -0.39 is 0 Å². The topological polar surface area (TPSA) is 57.0 Å². The van der Waals surface area contributed by atoms with E-state index in [1.54, 1.807) is 6.07 Å². The van der Waals surface area contributed by atoms with Crippen LogP contribution in [0.2, 0.25) is 0 Å². The molecule has 0 unspecified atom stereocenters. The summed E-state index contributed by atoms with van der Waals surface area (Å²) in [5.74, 6) is 1.00. The fraction of sp³-hybridized carbons (Fsp3) is 0.684. The number of furan rings is 1. The van der Waals surface area contributed by atoms with Gasteiger partial charge in [0.05, 0.1) is 18.4 Å². The van der Waals surface area contributed by atoms with Crippen molar-refractivity contribution in [1.82, 2.24) is 14.7 Å². The molecule has 2 fully saturated rings. The van der Waals surface area contributed by atoms with Gasteiger partial charge < -0.3 is 14.2 Å². The molecule has 1 aromatic rings. The Hall–Kier alpha value is -1.82. The number of carbonyl (C=O) groups is 2.